The lowest BCUT2D eigenvalue weighted by Gasteiger charge is -2.21. The minimum absolute atomic E-state index is 0.330. The summed E-state index contributed by atoms with van der Waals surface area (Å²) in [5, 5.41) is 8.23. The molecule has 2 fully saturated rings. The summed E-state index contributed by atoms with van der Waals surface area (Å²) in [5.74, 6) is 2.36. The quantitative estimate of drug-likeness (QED) is 0.900. The Bertz CT molecular complexity index is 716. The topological polar surface area (TPSA) is 68.2 Å². The van der Waals surface area contributed by atoms with Crippen molar-refractivity contribution < 1.29 is 0 Å². The van der Waals surface area contributed by atoms with E-state index in [0.717, 1.165) is 42.2 Å². The Balaban J connectivity index is 1.68. The van der Waals surface area contributed by atoms with Gasteiger partial charge in [0.1, 0.15) is 5.82 Å². The van der Waals surface area contributed by atoms with Gasteiger partial charge in [-0.2, -0.15) is 9.61 Å². The summed E-state index contributed by atoms with van der Waals surface area (Å²) in [4.78, 5) is 4.97. The first-order valence-corrected chi connectivity index (χ1v) is 9.49. The summed E-state index contributed by atoms with van der Waals surface area (Å²) in [6.45, 7) is 4.43. The zero-order valence-electron chi connectivity index (χ0n) is 14.8. The van der Waals surface area contributed by atoms with Crippen LogP contribution >= 0.6 is 0 Å². The van der Waals surface area contributed by atoms with Crippen LogP contribution in [0.25, 0.3) is 5.65 Å². The van der Waals surface area contributed by atoms with Gasteiger partial charge in [0, 0.05) is 35.3 Å². The number of aryl methyl sites for hydroxylation is 1. The zero-order chi connectivity index (χ0) is 16.7. The van der Waals surface area contributed by atoms with E-state index in [2.05, 4.69) is 30.3 Å². The van der Waals surface area contributed by atoms with Crippen LogP contribution < -0.4 is 11.1 Å². The summed E-state index contributed by atoms with van der Waals surface area (Å²) in [5.41, 5.74) is 9.42. The second kappa shape index (κ2) is 6.36. The number of rotatable bonds is 4. The van der Waals surface area contributed by atoms with Crippen LogP contribution in [0, 0.1) is 12.8 Å². The predicted octanol–water partition coefficient (Wildman–Crippen LogP) is 3.62. The second-order valence-electron chi connectivity index (χ2n) is 7.88. The molecule has 4 rings (SSSR count). The molecule has 0 saturated heterocycles. The molecule has 24 heavy (non-hydrogen) atoms. The SMILES string of the molecule is Cc1cnn2c(N[C@H]3CC[C@H](N)C3)cc(C(C)C3CCCC3)nc12. The number of nitrogens with two attached hydrogens (primary N) is 1. The Labute approximate surface area is 144 Å². The van der Waals surface area contributed by atoms with Crippen molar-refractivity contribution in [3.63, 3.8) is 0 Å². The normalized spacial score (nSPS) is 26.3. The van der Waals surface area contributed by atoms with E-state index < -0.39 is 0 Å². The van der Waals surface area contributed by atoms with Gasteiger partial charge in [0.05, 0.1) is 6.20 Å². The minimum atomic E-state index is 0.330. The average molecular weight is 327 g/mol. The van der Waals surface area contributed by atoms with E-state index in [-0.39, 0.29) is 0 Å². The molecule has 0 aromatic carbocycles. The van der Waals surface area contributed by atoms with Gasteiger partial charge in [-0.05, 0) is 44.9 Å². The fraction of sp³-hybridized carbons (Fsp3) is 0.684. The molecular weight excluding hydrogens is 298 g/mol. The monoisotopic (exact) mass is 327 g/mol. The maximum Gasteiger partial charge on any atom is 0.160 e. The third-order valence-corrected chi connectivity index (χ3v) is 6.07. The van der Waals surface area contributed by atoms with Crippen molar-refractivity contribution in [3.05, 3.63) is 23.5 Å². The van der Waals surface area contributed by atoms with Gasteiger partial charge in [-0.3, -0.25) is 0 Å². The summed E-state index contributed by atoms with van der Waals surface area (Å²) in [7, 11) is 0. The van der Waals surface area contributed by atoms with E-state index in [9.17, 15) is 0 Å². The number of nitrogens with zero attached hydrogens (tertiary/aromatic N) is 3. The van der Waals surface area contributed by atoms with Crippen molar-refractivity contribution in [2.45, 2.75) is 76.8 Å². The summed E-state index contributed by atoms with van der Waals surface area (Å²) in [6, 6.07) is 3.01. The van der Waals surface area contributed by atoms with Crippen LogP contribution in [-0.4, -0.2) is 26.7 Å². The number of hydrogen-bond donors (Lipinski definition) is 2. The van der Waals surface area contributed by atoms with E-state index >= 15 is 0 Å². The average Bonchev–Trinajstić information content (AvgIpc) is 3.29. The Morgan fingerprint density at radius 1 is 1.25 bits per heavy atom. The van der Waals surface area contributed by atoms with Crippen molar-refractivity contribution >= 4 is 11.5 Å². The maximum absolute atomic E-state index is 6.08. The molecule has 5 heteroatoms. The van der Waals surface area contributed by atoms with Crippen LogP contribution in [0.2, 0.25) is 0 Å². The van der Waals surface area contributed by atoms with Crippen molar-refractivity contribution in [1.29, 1.82) is 0 Å². The van der Waals surface area contributed by atoms with Crippen molar-refractivity contribution in [3.8, 4) is 0 Å². The minimum Gasteiger partial charge on any atom is -0.367 e. The van der Waals surface area contributed by atoms with Crippen LogP contribution in [-0.2, 0) is 0 Å². The summed E-state index contributed by atoms with van der Waals surface area (Å²) < 4.78 is 1.96. The molecule has 2 heterocycles. The Morgan fingerprint density at radius 3 is 2.75 bits per heavy atom. The van der Waals surface area contributed by atoms with Gasteiger partial charge in [-0.1, -0.05) is 19.8 Å². The lowest BCUT2D eigenvalue weighted by atomic mass is 9.89. The van der Waals surface area contributed by atoms with E-state index in [0.29, 0.717) is 18.0 Å². The maximum atomic E-state index is 6.08. The molecule has 0 amide bonds. The van der Waals surface area contributed by atoms with Crippen LogP contribution in [0.15, 0.2) is 12.3 Å². The molecule has 2 aromatic heterocycles. The molecule has 0 bridgehead atoms. The molecule has 2 aliphatic rings. The van der Waals surface area contributed by atoms with Crippen LogP contribution in [0.5, 0.6) is 0 Å². The third-order valence-electron chi connectivity index (χ3n) is 6.07. The Hall–Kier alpha value is -1.62. The Morgan fingerprint density at radius 2 is 2.04 bits per heavy atom. The highest BCUT2D eigenvalue weighted by atomic mass is 15.3. The highest BCUT2D eigenvalue weighted by Crippen LogP contribution is 2.37. The number of fused-ring (bicyclic) bond motifs is 1. The summed E-state index contributed by atoms with van der Waals surface area (Å²) in [6.07, 6.45) is 10.6. The molecular formula is C19H29N5. The first kappa shape index (κ1) is 15.9. The summed E-state index contributed by atoms with van der Waals surface area (Å²) >= 11 is 0. The molecule has 1 unspecified atom stereocenters. The van der Waals surface area contributed by atoms with Crippen molar-refractivity contribution in [2.75, 3.05) is 5.32 Å². The lowest BCUT2D eigenvalue weighted by molar-refractivity contribution is 0.453. The smallest absolute Gasteiger partial charge is 0.160 e. The number of aromatic nitrogens is 3. The number of nitrogens with one attached hydrogen (secondary N) is 1. The highest BCUT2D eigenvalue weighted by Gasteiger charge is 2.26. The van der Waals surface area contributed by atoms with Gasteiger partial charge in [0.25, 0.3) is 0 Å². The van der Waals surface area contributed by atoms with Gasteiger partial charge >= 0.3 is 0 Å². The molecule has 2 aliphatic carbocycles. The van der Waals surface area contributed by atoms with Crippen LogP contribution in [0.4, 0.5) is 5.82 Å². The van der Waals surface area contributed by atoms with E-state index in [1.807, 2.05) is 10.7 Å². The molecule has 130 valence electrons. The van der Waals surface area contributed by atoms with Crippen LogP contribution in [0.3, 0.4) is 0 Å². The van der Waals surface area contributed by atoms with E-state index in [4.69, 9.17) is 10.7 Å². The Kier molecular flexibility index (Phi) is 4.21. The predicted molar refractivity (Wildman–Crippen MR) is 97.3 cm³/mol. The van der Waals surface area contributed by atoms with Crippen molar-refractivity contribution in [2.24, 2.45) is 11.7 Å². The van der Waals surface area contributed by atoms with Gasteiger partial charge in [-0.25, -0.2) is 4.98 Å². The van der Waals surface area contributed by atoms with Crippen molar-refractivity contribution in [1.82, 2.24) is 14.6 Å². The lowest BCUT2D eigenvalue weighted by Crippen LogP contribution is -2.22. The molecule has 0 radical (unpaired) electrons. The first-order valence-electron chi connectivity index (χ1n) is 9.49. The van der Waals surface area contributed by atoms with E-state index in [1.165, 1.54) is 31.4 Å². The molecule has 0 spiro atoms. The fourth-order valence-electron chi connectivity index (χ4n) is 4.48. The fourth-order valence-corrected chi connectivity index (χ4v) is 4.48. The second-order valence-corrected chi connectivity index (χ2v) is 7.88. The first-order chi connectivity index (χ1) is 11.6. The molecule has 3 atom stereocenters. The third kappa shape index (κ3) is 2.90. The van der Waals surface area contributed by atoms with Gasteiger partial charge in [0.2, 0.25) is 0 Å². The number of anilines is 1. The molecule has 3 N–H and O–H groups in total. The van der Waals surface area contributed by atoms with Gasteiger partial charge in [0.15, 0.2) is 5.65 Å². The zero-order valence-corrected chi connectivity index (χ0v) is 14.8. The van der Waals surface area contributed by atoms with E-state index in [1.54, 1.807) is 0 Å². The highest BCUT2D eigenvalue weighted by molar-refractivity contribution is 5.54. The molecule has 2 saturated carbocycles. The number of hydrogen-bond acceptors (Lipinski definition) is 4. The molecule has 5 nitrogen and oxygen atoms in total. The molecule has 2 aromatic rings. The van der Waals surface area contributed by atoms with Gasteiger partial charge in [-0.15, -0.1) is 0 Å². The largest absolute Gasteiger partial charge is 0.367 e. The molecule has 0 aliphatic heterocycles. The van der Waals surface area contributed by atoms with Crippen LogP contribution in [0.1, 0.15) is 69.0 Å². The van der Waals surface area contributed by atoms with Gasteiger partial charge < -0.3 is 11.1 Å². The standard InChI is InChI=1S/C19H29N5/c1-12-11-21-24-18(22-16-8-7-15(20)9-16)10-17(23-19(12)24)13(2)14-5-3-4-6-14/h10-11,13-16,22H,3-9,20H2,1-2H3/t13?,15-,16-/m0/s1.